The Kier molecular flexibility index (Phi) is 5.67. The van der Waals surface area contributed by atoms with Crippen LogP contribution in [-0.2, 0) is 6.54 Å². The smallest absolute Gasteiger partial charge is 0.192 e. The number of carbonyl (C=O) groups excluding carboxylic acids is 1. The number of aromatic nitrogens is 4. The number of phenols is 1. The van der Waals surface area contributed by atoms with Gasteiger partial charge in [-0.1, -0.05) is 42.1 Å². The molecule has 29 heavy (non-hydrogen) atoms. The maximum Gasteiger partial charge on any atom is 0.192 e. The molecule has 4 rings (SSSR count). The number of hydrogen-bond acceptors (Lipinski definition) is 6. The molecule has 1 N–H and O–H groups in total. The molecule has 4 aromatic rings. The highest BCUT2D eigenvalue weighted by Gasteiger charge is 2.16. The summed E-state index contributed by atoms with van der Waals surface area (Å²) >= 11 is 1.35. The number of rotatable bonds is 7. The zero-order valence-electron chi connectivity index (χ0n) is 15.5. The van der Waals surface area contributed by atoms with E-state index in [0.29, 0.717) is 17.3 Å². The minimum atomic E-state index is -0.0327. The molecule has 0 saturated carbocycles. The number of Topliss-reactive ketones (excluding diaryl/α,β-unsaturated/α-hetero) is 1. The highest BCUT2D eigenvalue weighted by molar-refractivity contribution is 7.99. The summed E-state index contributed by atoms with van der Waals surface area (Å²) in [6, 6.07) is 20.1. The van der Waals surface area contributed by atoms with E-state index in [-0.39, 0.29) is 17.3 Å². The molecule has 144 valence electrons. The Bertz CT molecular complexity index is 1100. The van der Waals surface area contributed by atoms with Gasteiger partial charge in [-0.05, 0) is 42.0 Å². The Hall–Kier alpha value is -3.45. The van der Waals surface area contributed by atoms with Gasteiger partial charge in [0.05, 0.1) is 12.3 Å². The third-order valence-electron chi connectivity index (χ3n) is 4.36. The highest BCUT2D eigenvalue weighted by Crippen LogP contribution is 2.25. The lowest BCUT2D eigenvalue weighted by Gasteiger charge is -2.10. The van der Waals surface area contributed by atoms with Crippen LogP contribution in [0.1, 0.15) is 15.9 Å². The van der Waals surface area contributed by atoms with Gasteiger partial charge in [0.2, 0.25) is 0 Å². The van der Waals surface area contributed by atoms with Crippen LogP contribution in [0, 0.1) is 0 Å². The summed E-state index contributed by atoms with van der Waals surface area (Å²) < 4.78 is 2.01. The Morgan fingerprint density at radius 3 is 2.38 bits per heavy atom. The molecule has 0 spiro atoms. The summed E-state index contributed by atoms with van der Waals surface area (Å²) in [6.45, 7) is 0.598. The van der Waals surface area contributed by atoms with Crippen LogP contribution < -0.4 is 0 Å². The zero-order chi connectivity index (χ0) is 20.1. The summed E-state index contributed by atoms with van der Waals surface area (Å²) in [4.78, 5) is 16.6. The first kappa shape index (κ1) is 18.9. The molecule has 0 unspecified atom stereocenters. The van der Waals surface area contributed by atoms with Crippen molar-refractivity contribution >= 4 is 17.5 Å². The molecule has 0 radical (unpaired) electrons. The quantitative estimate of drug-likeness (QED) is 0.371. The SMILES string of the molecule is O=C(CSc1nnc(-c2ccncc2)n1Cc1ccccc1)c1ccc(O)cc1. The van der Waals surface area contributed by atoms with E-state index in [0.717, 1.165) is 17.0 Å². The van der Waals surface area contributed by atoms with E-state index >= 15 is 0 Å². The Morgan fingerprint density at radius 1 is 0.931 bits per heavy atom. The molecule has 0 amide bonds. The van der Waals surface area contributed by atoms with Crippen LogP contribution in [0.3, 0.4) is 0 Å². The average molecular weight is 402 g/mol. The van der Waals surface area contributed by atoms with Crippen molar-refractivity contribution in [3.05, 3.63) is 90.3 Å². The molecule has 0 aliphatic carbocycles. The van der Waals surface area contributed by atoms with E-state index in [1.165, 1.54) is 23.9 Å². The molecule has 0 bridgehead atoms. The number of carbonyl (C=O) groups is 1. The Morgan fingerprint density at radius 2 is 1.66 bits per heavy atom. The molecule has 0 aliphatic rings. The molecule has 2 aromatic heterocycles. The predicted octanol–water partition coefficient (Wildman–Crippen LogP) is 4.07. The molecule has 2 aromatic carbocycles. The fraction of sp³-hybridized carbons (Fsp3) is 0.0909. The molecule has 0 atom stereocenters. The van der Waals surface area contributed by atoms with Gasteiger partial charge in [0.25, 0.3) is 0 Å². The van der Waals surface area contributed by atoms with Crippen molar-refractivity contribution in [2.75, 3.05) is 5.75 Å². The van der Waals surface area contributed by atoms with Crippen molar-refractivity contribution in [3.8, 4) is 17.1 Å². The average Bonchev–Trinajstić information content (AvgIpc) is 3.16. The number of phenolic OH excluding ortho intramolecular Hbond substituents is 1. The van der Waals surface area contributed by atoms with Crippen LogP contribution >= 0.6 is 11.8 Å². The van der Waals surface area contributed by atoms with Crippen LogP contribution in [-0.4, -0.2) is 36.4 Å². The van der Waals surface area contributed by atoms with E-state index < -0.39 is 0 Å². The molecule has 6 nitrogen and oxygen atoms in total. The lowest BCUT2D eigenvalue weighted by atomic mass is 10.1. The highest BCUT2D eigenvalue weighted by atomic mass is 32.2. The number of thioether (sulfide) groups is 1. The molecule has 0 aliphatic heterocycles. The van der Waals surface area contributed by atoms with Crippen molar-refractivity contribution in [2.45, 2.75) is 11.7 Å². The molecule has 2 heterocycles. The zero-order valence-corrected chi connectivity index (χ0v) is 16.3. The number of hydrogen-bond donors (Lipinski definition) is 1. The number of pyridine rings is 1. The molecular formula is C22H18N4O2S. The van der Waals surface area contributed by atoms with Crippen molar-refractivity contribution in [1.82, 2.24) is 19.7 Å². The van der Waals surface area contributed by atoms with Gasteiger partial charge in [0.15, 0.2) is 16.8 Å². The lowest BCUT2D eigenvalue weighted by Crippen LogP contribution is -2.07. The van der Waals surface area contributed by atoms with Gasteiger partial charge in [-0.25, -0.2) is 0 Å². The Labute approximate surface area is 172 Å². The summed E-state index contributed by atoms with van der Waals surface area (Å²) in [6.07, 6.45) is 3.44. The van der Waals surface area contributed by atoms with Gasteiger partial charge in [-0.15, -0.1) is 10.2 Å². The molecule has 0 fully saturated rings. The number of nitrogens with zero attached hydrogens (tertiary/aromatic N) is 4. The minimum absolute atomic E-state index is 0.0327. The molecule has 7 heteroatoms. The van der Waals surface area contributed by atoms with Crippen LogP contribution in [0.5, 0.6) is 5.75 Å². The predicted molar refractivity (Wildman–Crippen MR) is 112 cm³/mol. The van der Waals surface area contributed by atoms with Gasteiger partial charge >= 0.3 is 0 Å². The number of benzene rings is 2. The van der Waals surface area contributed by atoms with Gasteiger partial charge < -0.3 is 5.11 Å². The largest absolute Gasteiger partial charge is 0.508 e. The van der Waals surface area contributed by atoms with E-state index in [2.05, 4.69) is 15.2 Å². The van der Waals surface area contributed by atoms with Crippen molar-refractivity contribution in [1.29, 1.82) is 0 Å². The first-order valence-corrected chi connectivity index (χ1v) is 10.0. The van der Waals surface area contributed by atoms with Crippen molar-refractivity contribution in [3.63, 3.8) is 0 Å². The summed E-state index contributed by atoms with van der Waals surface area (Å²) in [5.41, 5.74) is 2.59. The van der Waals surface area contributed by atoms with Gasteiger partial charge in [0.1, 0.15) is 5.75 Å². The van der Waals surface area contributed by atoms with Gasteiger partial charge in [-0.3, -0.25) is 14.3 Å². The van der Waals surface area contributed by atoms with Gasteiger partial charge in [-0.2, -0.15) is 0 Å². The van der Waals surface area contributed by atoms with Crippen molar-refractivity contribution < 1.29 is 9.90 Å². The van der Waals surface area contributed by atoms with E-state index in [9.17, 15) is 9.90 Å². The van der Waals surface area contributed by atoms with E-state index in [1.54, 1.807) is 24.5 Å². The normalized spacial score (nSPS) is 10.8. The fourth-order valence-electron chi connectivity index (χ4n) is 2.88. The summed E-state index contributed by atoms with van der Waals surface area (Å²) in [5, 5.41) is 18.8. The maximum absolute atomic E-state index is 12.5. The second-order valence-electron chi connectivity index (χ2n) is 6.37. The fourth-order valence-corrected chi connectivity index (χ4v) is 3.71. The van der Waals surface area contributed by atoms with Crippen LogP contribution in [0.25, 0.3) is 11.4 Å². The monoisotopic (exact) mass is 402 g/mol. The maximum atomic E-state index is 12.5. The first-order valence-electron chi connectivity index (χ1n) is 9.03. The first-order chi connectivity index (χ1) is 14.2. The number of ketones is 1. The molecule has 0 saturated heterocycles. The lowest BCUT2D eigenvalue weighted by molar-refractivity contribution is 0.102. The second-order valence-corrected chi connectivity index (χ2v) is 7.32. The Balaban J connectivity index is 1.59. The topological polar surface area (TPSA) is 80.9 Å². The third kappa shape index (κ3) is 4.52. The summed E-state index contributed by atoms with van der Waals surface area (Å²) in [5.74, 6) is 1.07. The van der Waals surface area contributed by atoms with Crippen LogP contribution in [0.4, 0.5) is 0 Å². The van der Waals surface area contributed by atoms with E-state index in [1.807, 2.05) is 47.0 Å². The third-order valence-corrected chi connectivity index (χ3v) is 5.33. The standard InChI is InChI=1S/C22H18N4O2S/c27-19-8-6-17(7-9-19)20(28)15-29-22-25-24-21(18-10-12-23-13-11-18)26(22)14-16-4-2-1-3-5-16/h1-13,27H,14-15H2. The molecular weight excluding hydrogens is 384 g/mol. The van der Waals surface area contributed by atoms with Crippen LogP contribution in [0.2, 0.25) is 0 Å². The second kappa shape index (κ2) is 8.70. The van der Waals surface area contributed by atoms with Crippen molar-refractivity contribution in [2.24, 2.45) is 0 Å². The van der Waals surface area contributed by atoms with E-state index in [4.69, 9.17) is 0 Å². The van der Waals surface area contributed by atoms with Crippen LogP contribution in [0.15, 0.2) is 84.3 Å². The number of aromatic hydroxyl groups is 1. The van der Waals surface area contributed by atoms with Gasteiger partial charge in [0, 0.05) is 23.5 Å². The summed E-state index contributed by atoms with van der Waals surface area (Å²) in [7, 11) is 0. The minimum Gasteiger partial charge on any atom is -0.508 e.